The Kier molecular flexibility index (Phi) is 6.65. The molecular formula is C33H34FN5O3. The SMILES string of the molecule is CC1(CNC(=O)c2[nH]nc3c2C(/C=C/c2ccc(-c4cccc(F)c4)cn2)C2C(=O)CC4(CCCC4)CC2=N3)COC1. The first-order chi connectivity index (χ1) is 20.3. The third-order valence-electron chi connectivity index (χ3n) is 9.42. The number of fused-ring (bicyclic) bond motifs is 2. The van der Waals surface area contributed by atoms with E-state index in [-0.39, 0.29) is 28.3 Å². The largest absolute Gasteiger partial charge is 0.380 e. The normalized spacial score (nSPS) is 23.8. The van der Waals surface area contributed by atoms with Crippen LogP contribution in [0.25, 0.3) is 17.2 Å². The second-order valence-electron chi connectivity index (χ2n) is 12.8. The van der Waals surface area contributed by atoms with Crippen molar-refractivity contribution in [1.82, 2.24) is 20.5 Å². The molecule has 2 unspecified atom stereocenters. The molecule has 1 aromatic carbocycles. The van der Waals surface area contributed by atoms with Gasteiger partial charge >= 0.3 is 0 Å². The predicted molar refractivity (Wildman–Crippen MR) is 157 cm³/mol. The number of allylic oxidation sites excluding steroid dienone is 1. The second kappa shape index (κ2) is 10.4. The van der Waals surface area contributed by atoms with Gasteiger partial charge in [0.15, 0.2) is 5.82 Å². The zero-order valence-electron chi connectivity index (χ0n) is 23.7. The van der Waals surface area contributed by atoms with Crippen molar-refractivity contribution < 1.29 is 18.7 Å². The number of pyridine rings is 1. The van der Waals surface area contributed by atoms with E-state index in [1.807, 2.05) is 30.4 Å². The maximum absolute atomic E-state index is 13.9. The molecule has 42 heavy (non-hydrogen) atoms. The molecule has 2 aliphatic carbocycles. The summed E-state index contributed by atoms with van der Waals surface area (Å²) in [4.78, 5) is 36.7. The molecule has 8 nitrogen and oxygen atoms in total. The molecule has 3 fully saturated rings. The fraction of sp³-hybridized carbons (Fsp3) is 0.424. The van der Waals surface area contributed by atoms with Crippen LogP contribution in [0.4, 0.5) is 10.2 Å². The number of carbonyl (C=O) groups excluding carboxylic acids is 2. The summed E-state index contributed by atoms with van der Waals surface area (Å²) in [6, 6.07) is 10.2. The lowest BCUT2D eigenvalue weighted by molar-refractivity contribution is -0.124. The minimum absolute atomic E-state index is 0.00326. The van der Waals surface area contributed by atoms with E-state index < -0.39 is 11.8 Å². The van der Waals surface area contributed by atoms with Crippen molar-refractivity contribution >= 4 is 29.3 Å². The third-order valence-corrected chi connectivity index (χ3v) is 9.42. The van der Waals surface area contributed by atoms with Gasteiger partial charge in [-0.3, -0.25) is 19.7 Å². The van der Waals surface area contributed by atoms with Crippen molar-refractivity contribution in [3.8, 4) is 11.1 Å². The number of halogens is 1. The van der Waals surface area contributed by atoms with Gasteiger partial charge in [0.2, 0.25) is 0 Å². The Hall–Kier alpha value is -3.98. The first-order valence-electron chi connectivity index (χ1n) is 14.8. The van der Waals surface area contributed by atoms with Crippen LogP contribution >= 0.6 is 0 Å². The summed E-state index contributed by atoms with van der Waals surface area (Å²) in [6.45, 7) is 3.78. The average molecular weight is 568 g/mol. The number of benzene rings is 1. The number of Topliss-reactive ketones (excluding diaryl/α,β-unsaturated/α-hetero) is 1. The quantitative estimate of drug-likeness (QED) is 0.391. The number of nitrogens with one attached hydrogen (secondary N) is 2. The number of aromatic nitrogens is 3. The molecule has 9 heteroatoms. The Labute approximate surface area is 243 Å². The maximum Gasteiger partial charge on any atom is 0.269 e. The highest BCUT2D eigenvalue weighted by molar-refractivity contribution is 6.11. The van der Waals surface area contributed by atoms with Crippen molar-refractivity contribution in [3.63, 3.8) is 0 Å². The van der Waals surface area contributed by atoms with Crippen LogP contribution in [-0.2, 0) is 9.53 Å². The second-order valence-corrected chi connectivity index (χ2v) is 12.8. The first kappa shape index (κ1) is 26.9. The summed E-state index contributed by atoms with van der Waals surface area (Å²) in [5, 5.41) is 10.4. The van der Waals surface area contributed by atoms with Crippen LogP contribution in [0.3, 0.4) is 0 Å². The number of ether oxygens (including phenoxy) is 1. The fourth-order valence-corrected chi connectivity index (χ4v) is 7.12. The van der Waals surface area contributed by atoms with E-state index in [1.54, 1.807) is 12.3 Å². The van der Waals surface area contributed by atoms with Crippen LogP contribution in [0.1, 0.15) is 73.1 Å². The topological polar surface area (TPSA) is 109 Å². The Morgan fingerprint density at radius 2 is 2.00 bits per heavy atom. The van der Waals surface area contributed by atoms with Gasteiger partial charge in [0.25, 0.3) is 5.91 Å². The van der Waals surface area contributed by atoms with E-state index in [1.165, 1.54) is 12.1 Å². The van der Waals surface area contributed by atoms with E-state index in [0.29, 0.717) is 48.9 Å². The number of carbonyl (C=O) groups is 2. The highest BCUT2D eigenvalue weighted by Gasteiger charge is 2.50. The van der Waals surface area contributed by atoms with Crippen LogP contribution in [0.5, 0.6) is 0 Å². The van der Waals surface area contributed by atoms with Crippen LogP contribution < -0.4 is 5.32 Å². The number of aromatic amines is 1. The monoisotopic (exact) mass is 567 g/mol. The van der Waals surface area contributed by atoms with Crippen LogP contribution in [0, 0.1) is 22.6 Å². The zero-order valence-corrected chi connectivity index (χ0v) is 23.7. The fourth-order valence-electron chi connectivity index (χ4n) is 7.12. The van der Waals surface area contributed by atoms with Crippen LogP contribution in [0.15, 0.2) is 53.7 Å². The van der Waals surface area contributed by atoms with Crippen molar-refractivity contribution in [1.29, 1.82) is 0 Å². The van der Waals surface area contributed by atoms with E-state index in [4.69, 9.17) is 9.73 Å². The van der Waals surface area contributed by atoms with Crippen LogP contribution in [-0.4, -0.2) is 52.3 Å². The minimum atomic E-state index is -0.437. The lowest BCUT2D eigenvalue weighted by atomic mass is 9.63. The molecule has 216 valence electrons. The lowest BCUT2D eigenvalue weighted by Gasteiger charge is -2.41. The zero-order chi connectivity index (χ0) is 28.9. The number of amides is 1. The van der Waals surface area contributed by atoms with Crippen molar-refractivity contribution in [2.24, 2.45) is 21.7 Å². The Balaban J connectivity index is 1.21. The molecule has 1 saturated heterocycles. The molecular weight excluding hydrogens is 533 g/mol. The molecule has 7 rings (SSSR count). The van der Waals surface area contributed by atoms with Gasteiger partial charge in [-0.15, -0.1) is 0 Å². The molecule has 2 aromatic heterocycles. The first-order valence-corrected chi connectivity index (χ1v) is 14.8. The number of nitrogens with zero attached hydrogens (tertiary/aromatic N) is 3. The van der Waals surface area contributed by atoms with E-state index >= 15 is 0 Å². The van der Waals surface area contributed by atoms with Crippen LogP contribution in [0.2, 0.25) is 0 Å². The number of H-pyrrole nitrogens is 1. The number of aliphatic imine (C=N–C) groups is 1. The van der Waals surface area contributed by atoms with Crippen molar-refractivity contribution in [2.45, 2.75) is 51.4 Å². The molecule has 4 heterocycles. The summed E-state index contributed by atoms with van der Waals surface area (Å²) in [7, 11) is 0. The number of hydrogen-bond donors (Lipinski definition) is 2. The highest BCUT2D eigenvalue weighted by Crippen LogP contribution is 2.53. The summed E-state index contributed by atoms with van der Waals surface area (Å²) in [6.07, 6.45) is 11.3. The molecule has 2 aliphatic heterocycles. The van der Waals surface area contributed by atoms with Crippen molar-refractivity contribution in [2.75, 3.05) is 19.8 Å². The average Bonchev–Trinajstić information content (AvgIpc) is 3.60. The van der Waals surface area contributed by atoms with E-state index in [2.05, 4.69) is 27.4 Å². The van der Waals surface area contributed by atoms with Gasteiger partial charge in [0.05, 0.1) is 24.8 Å². The molecule has 4 aliphatic rings. The molecule has 0 bridgehead atoms. The molecule has 2 N–H and O–H groups in total. The summed E-state index contributed by atoms with van der Waals surface area (Å²) < 4.78 is 19.1. The molecule has 3 aromatic rings. The smallest absolute Gasteiger partial charge is 0.269 e. The van der Waals surface area contributed by atoms with Gasteiger partial charge in [0.1, 0.15) is 17.3 Å². The maximum atomic E-state index is 13.9. The van der Waals surface area contributed by atoms with Gasteiger partial charge in [-0.25, -0.2) is 9.38 Å². The highest BCUT2D eigenvalue weighted by atomic mass is 19.1. The predicted octanol–water partition coefficient (Wildman–Crippen LogP) is 5.80. The molecule has 1 amide bonds. The minimum Gasteiger partial charge on any atom is -0.380 e. The van der Waals surface area contributed by atoms with Gasteiger partial charge in [0, 0.05) is 47.3 Å². The van der Waals surface area contributed by atoms with E-state index in [9.17, 15) is 14.0 Å². The number of hydrogen-bond acceptors (Lipinski definition) is 6. The van der Waals surface area contributed by atoms with Gasteiger partial charge in [-0.1, -0.05) is 44.0 Å². The Morgan fingerprint density at radius 3 is 2.71 bits per heavy atom. The summed E-state index contributed by atoms with van der Waals surface area (Å²) in [5.41, 5.74) is 4.05. The number of rotatable bonds is 6. The van der Waals surface area contributed by atoms with Gasteiger partial charge < -0.3 is 10.1 Å². The standard InChI is InChI=1S/C33H34FN5O3/c1-32(18-42-19-32)17-36-31(41)29-28-24(10-9-23-8-7-21(16-35-23)20-5-4-6-22(34)13-20)27-25(37-30(28)39-38-29)14-33(15-26(27)40)11-2-3-12-33/h4-10,13,16,24,27H,2-3,11-12,14-15,17-19H2,1H3,(H,36,41)(H,38,39)/b10-9+. The summed E-state index contributed by atoms with van der Waals surface area (Å²) in [5.74, 6) is -0.728. The number of ketones is 1. The van der Waals surface area contributed by atoms with Gasteiger partial charge in [-0.05, 0) is 54.5 Å². The van der Waals surface area contributed by atoms with Crippen molar-refractivity contribution in [3.05, 3.63) is 71.4 Å². The Bertz CT molecular complexity index is 1600. The van der Waals surface area contributed by atoms with Gasteiger partial charge in [-0.2, -0.15) is 5.10 Å². The molecule has 1 spiro atoms. The third kappa shape index (κ3) is 4.89. The Morgan fingerprint density at radius 1 is 1.17 bits per heavy atom. The molecule has 2 saturated carbocycles. The molecule has 0 radical (unpaired) electrons. The lowest BCUT2D eigenvalue weighted by Crippen LogP contribution is -2.48. The van der Waals surface area contributed by atoms with E-state index in [0.717, 1.165) is 48.9 Å². The molecule has 2 atom stereocenters. The summed E-state index contributed by atoms with van der Waals surface area (Å²) >= 11 is 0.